The molecule has 1 aromatic heterocycles. The summed E-state index contributed by atoms with van der Waals surface area (Å²) < 4.78 is 41.1. The molecule has 8 nitrogen and oxygen atoms in total. The summed E-state index contributed by atoms with van der Waals surface area (Å²) in [6, 6.07) is 27.2. The van der Waals surface area contributed by atoms with Crippen molar-refractivity contribution in [2.24, 2.45) is 0 Å². The van der Waals surface area contributed by atoms with Crippen molar-refractivity contribution in [3.05, 3.63) is 118 Å². The van der Waals surface area contributed by atoms with Crippen LogP contribution in [0.1, 0.15) is 66.2 Å². The maximum absolute atomic E-state index is 13.5. The van der Waals surface area contributed by atoms with Crippen molar-refractivity contribution in [2.75, 3.05) is 6.61 Å². The minimum atomic E-state index is -4.06. The molecule has 5 rings (SSSR count). The van der Waals surface area contributed by atoms with Gasteiger partial charge in [-0.1, -0.05) is 79.8 Å². The molecule has 1 saturated heterocycles. The van der Waals surface area contributed by atoms with Gasteiger partial charge in [0.15, 0.2) is 6.29 Å². The number of nitrogens with one attached hydrogen (secondary N) is 2. The fourth-order valence-corrected chi connectivity index (χ4v) is 7.30. The zero-order chi connectivity index (χ0) is 32.9. The summed E-state index contributed by atoms with van der Waals surface area (Å²) in [6.07, 6.45) is 5.34. The predicted molar refractivity (Wildman–Crippen MR) is 183 cm³/mol. The molecule has 1 unspecified atom stereocenters. The molecule has 1 aliphatic heterocycles. The predicted octanol–water partition coefficient (Wildman–Crippen LogP) is 6.53. The van der Waals surface area contributed by atoms with E-state index in [-0.39, 0.29) is 10.6 Å². The fourth-order valence-electron chi connectivity index (χ4n) is 4.93. The Morgan fingerprint density at radius 1 is 0.936 bits per heavy atom. The van der Waals surface area contributed by atoms with E-state index in [1.165, 1.54) is 11.6 Å². The molecule has 1 aliphatic rings. The van der Waals surface area contributed by atoms with Crippen molar-refractivity contribution in [2.45, 2.75) is 75.0 Å². The summed E-state index contributed by atoms with van der Waals surface area (Å²) in [5.41, 5.74) is 6.34. The Hall–Kier alpha value is -3.98. The third-order valence-corrected chi connectivity index (χ3v) is 10.6. The van der Waals surface area contributed by atoms with Crippen LogP contribution >= 0.6 is 11.3 Å². The number of benzene rings is 3. The van der Waals surface area contributed by atoms with Crippen LogP contribution in [0.4, 0.5) is 0 Å². The first-order valence-corrected chi connectivity index (χ1v) is 18.2. The monoisotopic (exact) mass is 672 g/mol. The number of unbranched alkanes of at least 4 members (excludes halogenated alkanes) is 1. The topological polar surface area (TPSA) is 103 Å². The van der Waals surface area contributed by atoms with Gasteiger partial charge in [0.2, 0.25) is 0 Å². The minimum Gasteiger partial charge on any atom is -0.489 e. The van der Waals surface area contributed by atoms with Gasteiger partial charge in [0.05, 0.1) is 4.88 Å². The molecule has 10 heteroatoms. The van der Waals surface area contributed by atoms with E-state index in [9.17, 15) is 13.2 Å². The second-order valence-electron chi connectivity index (χ2n) is 11.3. The van der Waals surface area contributed by atoms with Gasteiger partial charge < -0.3 is 9.47 Å². The van der Waals surface area contributed by atoms with Gasteiger partial charge in [-0.2, -0.15) is 4.72 Å². The van der Waals surface area contributed by atoms with Gasteiger partial charge in [-0.3, -0.25) is 4.79 Å². The number of carbonyl (C=O) groups excluding carboxylic acids is 1. The van der Waals surface area contributed by atoms with Crippen LogP contribution in [-0.4, -0.2) is 33.3 Å². The van der Waals surface area contributed by atoms with E-state index >= 15 is 0 Å². The first-order valence-electron chi connectivity index (χ1n) is 15.9. The highest BCUT2D eigenvalue weighted by Crippen LogP contribution is 2.23. The summed E-state index contributed by atoms with van der Waals surface area (Å²) in [6.45, 7) is 3.14. The lowest BCUT2D eigenvalue weighted by Crippen LogP contribution is -2.48. The summed E-state index contributed by atoms with van der Waals surface area (Å²) >= 11 is 1.05. The number of hydrogen-bond acceptors (Lipinski definition) is 7. The van der Waals surface area contributed by atoms with Gasteiger partial charge in [-0.05, 0) is 85.2 Å². The number of hydrogen-bond donors (Lipinski definition) is 2. The number of amides is 1. The van der Waals surface area contributed by atoms with Crippen molar-refractivity contribution in [1.29, 1.82) is 0 Å². The van der Waals surface area contributed by atoms with E-state index in [0.717, 1.165) is 60.1 Å². The zero-order valence-corrected chi connectivity index (χ0v) is 28.1. The molecule has 0 spiro atoms. The van der Waals surface area contributed by atoms with Crippen LogP contribution in [0.25, 0.3) is 0 Å². The van der Waals surface area contributed by atoms with Crippen molar-refractivity contribution >= 4 is 27.3 Å². The number of ether oxygens (including phenoxy) is 2. The molecule has 2 heterocycles. The lowest BCUT2D eigenvalue weighted by atomic mass is 10.1. The second kappa shape index (κ2) is 17.3. The average Bonchev–Trinajstić information content (AvgIpc) is 3.60. The van der Waals surface area contributed by atoms with E-state index in [2.05, 4.69) is 41.1 Å². The molecule has 47 heavy (non-hydrogen) atoms. The van der Waals surface area contributed by atoms with E-state index < -0.39 is 28.3 Å². The molecule has 3 aromatic carbocycles. The maximum Gasteiger partial charge on any atom is 0.262 e. The molecule has 2 atom stereocenters. The number of thiophene rings is 1. The van der Waals surface area contributed by atoms with Crippen LogP contribution in [0, 0.1) is 11.8 Å². The third kappa shape index (κ3) is 10.8. The molecule has 0 saturated carbocycles. The largest absolute Gasteiger partial charge is 0.489 e. The molecule has 2 N–H and O–H groups in total. The third-order valence-electron chi connectivity index (χ3n) is 7.60. The quantitative estimate of drug-likeness (QED) is 0.117. The maximum atomic E-state index is 13.5. The van der Waals surface area contributed by atoms with Crippen LogP contribution in [0.15, 0.2) is 95.2 Å². The lowest BCUT2D eigenvalue weighted by Gasteiger charge is -2.24. The Kier molecular flexibility index (Phi) is 12.6. The molecule has 0 radical (unpaired) electrons. The number of rotatable bonds is 14. The zero-order valence-electron chi connectivity index (χ0n) is 26.4. The normalized spacial score (nSPS) is 15.3. The van der Waals surface area contributed by atoms with Crippen molar-refractivity contribution < 1.29 is 27.5 Å². The van der Waals surface area contributed by atoms with Gasteiger partial charge in [0.1, 0.15) is 22.6 Å². The summed E-state index contributed by atoms with van der Waals surface area (Å²) in [5.74, 6) is 6.22. The Morgan fingerprint density at radius 2 is 1.70 bits per heavy atom. The van der Waals surface area contributed by atoms with E-state index in [4.69, 9.17) is 14.3 Å². The number of hydroxylamine groups is 1. The average molecular weight is 673 g/mol. The van der Waals surface area contributed by atoms with Gasteiger partial charge in [-0.15, -0.1) is 11.3 Å². The van der Waals surface area contributed by atoms with Crippen LogP contribution < -0.4 is 14.9 Å². The van der Waals surface area contributed by atoms with Crippen LogP contribution in [-0.2, 0) is 43.8 Å². The lowest BCUT2D eigenvalue weighted by molar-refractivity contribution is -0.201. The van der Waals surface area contributed by atoms with Crippen molar-refractivity contribution in [3.8, 4) is 17.6 Å². The molecule has 4 aromatic rings. The van der Waals surface area contributed by atoms with Crippen molar-refractivity contribution in [3.63, 3.8) is 0 Å². The van der Waals surface area contributed by atoms with Crippen LogP contribution in [0.2, 0.25) is 0 Å². The standard InChI is InChI=1S/C37H40N2O6S2/c1-2-3-9-28-13-15-29(16-14-28)19-22-33-23-24-36(46-33)47(41,42)39-34(37(40)38-45-35-12-7-8-25-43-35)26-30-17-20-32(21-18-30)44-27-31-10-5-4-6-11-31/h4-6,10-11,13-18,20-21,23-24,34-35,39H,2-3,7-9,12,25-27H2,1H3,(H,38,40)/t34-,35?/m1/s1. The smallest absolute Gasteiger partial charge is 0.262 e. The Balaban J connectivity index is 1.25. The first kappa shape index (κ1) is 34.4. The summed E-state index contributed by atoms with van der Waals surface area (Å²) in [7, 11) is -4.06. The number of sulfonamides is 1. The highest BCUT2D eigenvalue weighted by atomic mass is 32.2. The highest BCUT2D eigenvalue weighted by molar-refractivity contribution is 7.91. The van der Waals surface area contributed by atoms with E-state index in [1.807, 2.05) is 54.6 Å². The van der Waals surface area contributed by atoms with Gasteiger partial charge >= 0.3 is 0 Å². The molecule has 1 amide bonds. The second-order valence-corrected chi connectivity index (χ2v) is 14.4. The van der Waals surface area contributed by atoms with Gasteiger partial charge in [0, 0.05) is 18.6 Å². The fraction of sp³-hybridized carbons (Fsp3) is 0.324. The highest BCUT2D eigenvalue weighted by Gasteiger charge is 2.28. The van der Waals surface area contributed by atoms with Gasteiger partial charge in [-0.25, -0.2) is 18.7 Å². The SMILES string of the molecule is CCCCc1ccc(C#Cc2ccc(S(=O)(=O)N[C@H](Cc3ccc(OCc4ccccc4)cc3)C(=O)NOC3CCCCO3)s2)cc1. The van der Waals surface area contributed by atoms with Crippen LogP contribution in [0.3, 0.4) is 0 Å². The molecular weight excluding hydrogens is 633 g/mol. The molecule has 246 valence electrons. The Labute approximate surface area is 281 Å². The van der Waals surface area contributed by atoms with E-state index in [1.54, 1.807) is 18.2 Å². The van der Waals surface area contributed by atoms with Crippen LogP contribution in [0.5, 0.6) is 5.75 Å². The minimum absolute atomic E-state index is 0.0655. The van der Waals surface area contributed by atoms with Gasteiger partial charge in [0.25, 0.3) is 15.9 Å². The van der Waals surface area contributed by atoms with Crippen molar-refractivity contribution in [1.82, 2.24) is 10.2 Å². The summed E-state index contributed by atoms with van der Waals surface area (Å²) in [4.78, 5) is 19.4. The number of aryl methyl sites for hydroxylation is 1. The molecule has 0 bridgehead atoms. The first-order chi connectivity index (χ1) is 22.9. The molecule has 0 aliphatic carbocycles. The van der Waals surface area contributed by atoms with E-state index in [0.29, 0.717) is 30.3 Å². The summed E-state index contributed by atoms with van der Waals surface area (Å²) in [5, 5.41) is 0. The Morgan fingerprint density at radius 3 is 2.43 bits per heavy atom. The molecular formula is C37H40N2O6S2. The molecule has 1 fully saturated rings. The number of carbonyl (C=O) groups is 1. The Bertz CT molecular complexity index is 1740.